The van der Waals surface area contributed by atoms with Crippen molar-refractivity contribution in [3.63, 3.8) is 0 Å². The van der Waals surface area contributed by atoms with Crippen LogP contribution in [0.2, 0.25) is 0 Å². The van der Waals surface area contributed by atoms with Gasteiger partial charge in [-0.1, -0.05) is 12.1 Å². The maximum Gasteiger partial charge on any atom is 0.329 e. The number of primary amides is 1. The predicted molar refractivity (Wildman–Crippen MR) is 87.4 cm³/mol. The van der Waals surface area contributed by atoms with Gasteiger partial charge in [0.25, 0.3) is 0 Å². The molecular weight excluding hydrogens is 312 g/mol. The third-order valence-corrected chi connectivity index (χ3v) is 2.88. The first-order chi connectivity index (χ1) is 11.5. The Hall–Kier alpha value is -3.68. The van der Waals surface area contributed by atoms with E-state index in [4.69, 9.17) is 5.73 Å². The smallest absolute Gasteiger partial charge is 0.329 e. The van der Waals surface area contributed by atoms with Gasteiger partial charge in [-0.05, 0) is 42.0 Å². The van der Waals surface area contributed by atoms with Gasteiger partial charge in [0, 0.05) is 11.3 Å². The van der Waals surface area contributed by atoms with Gasteiger partial charge in [-0.25, -0.2) is 5.43 Å². The zero-order chi connectivity index (χ0) is 17.5. The molecule has 0 aliphatic rings. The van der Waals surface area contributed by atoms with Gasteiger partial charge in [0.1, 0.15) is 5.75 Å². The van der Waals surface area contributed by atoms with Crippen LogP contribution >= 0.6 is 0 Å². The minimum Gasteiger partial charge on any atom is -0.508 e. The summed E-state index contributed by atoms with van der Waals surface area (Å²) in [6.07, 6.45) is 1.28. The number of carbonyl (C=O) groups is 3. The van der Waals surface area contributed by atoms with Gasteiger partial charge in [-0.2, -0.15) is 5.10 Å². The zero-order valence-electron chi connectivity index (χ0n) is 12.4. The van der Waals surface area contributed by atoms with Crippen molar-refractivity contribution in [2.75, 3.05) is 5.32 Å². The first-order valence-electron chi connectivity index (χ1n) is 6.79. The lowest BCUT2D eigenvalue weighted by Gasteiger charge is -2.04. The van der Waals surface area contributed by atoms with Gasteiger partial charge >= 0.3 is 11.8 Å². The summed E-state index contributed by atoms with van der Waals surface area (Å²) in [7, 11) is 0. The van der Waals surface area contributed by atoms with Crippen LogP contribution in [0, 0.1) is 0 Å². The van der Waals surface area contributed by atoms with Gasteiger partial charge in [-0.3, -0.25) is 14.4 Å². The van der Waals surface area contributed by atoms with E-state index < -0.39 is 17.7 Å². The molecule has 0 aliphatic carbocycles. The molecule has 0 saturated heterocycles. The molecule has 0 unspecified atom stereocenters. The molecule has 0 heterocycles. The van der Waals surface area contributed by atoms with Crippen LogP contribution in [0.3, 0.4) is 0 Å². The molecule has 2 rings (SSSR count). The van der Waals surface area contributed by atoms with Crippen molar-refractivity contribution in [1.29, 1.82) is 0 Å². The molecule has 0 spiro atoms. The quantitative estimate of drug-likeness (QED) is 0.371. The van der Waals surface area contributed by atoms with E-state index in [0.717, 1.165) is 0 Å². The van der Waals surface area contributed by atoms with Crippen LogP contribution in [-0.2, 0) is 9.59 Å². The van der Waals surface area contributed by atoms with E-state index >= 15 is 0 Å². The van der Waals surface area contributed by atoms with E-state index in [1.54, 1.807) is 12.1 Å². The third-order valence-electron chi connectivity index (χ3n) is 2.88. The average molecular weight is 326 g/mol. The molecule has 122 valence electrons. The molecule has 0 radical (unpaired) electrons. The first kappa shape index (κ1) is 16.7. The van der Waals surface area contributed by atoms with Crippen molar-refractivity contribution in [1.82, 2.24) is 5.43 Å². The number of phenols is 1. The van der Waals surface area contributed by atoms with Crippen LogP contribution in [0.4, 0.5) is 5.69 Å². The Morgan fingerprint density at radius 3 is 2.38 bits per heavy atom. The van der Waals surface area contributed by atoms with Crippen molar-refractivity contribution < 1.29 is 19.5 Å². The number of nitrogens with two attached hydrogens (primary N) is 1. The Balaban J connectivity index is 1.90. The first-order valence-corrected chi connectivity index (χ1v) is 6.79. The fraction of sp³-hybridized carbons (Fsp3) is 0. The molecule has 8 nitrogen and oxygen atoms in total. The van der Waals surface area contributed by atoms with Crippen molar-refractivity contribution in [2.45, 2.75) is 0 Å². The van der Waals surface area contributed by atoms with E-state index in [1.807, 2.05) is 0 Å². The number of nitrogens with one attached hydrogen (secondary N) is 2. The molecule has 5 N–H and O–H groups in total. The second-order valence-corrected chi connectivity index (χ2v) is 4.69. The highest BCUT2D eigenvalue weighted by atomic mass is 16.3. The van der Waals surface area contributed by atoms with E-state index in [1.165, 1.54) is 42.6 Å². The van der Waals surface area contributed by atoms with Crippen LogP contribution in [-0.4, -0.2) is 29.0 Å². The maximum atomic E-state index is 11.7. The largest absolute Gasteiger partial charge is 0.508 e. The summed E-state index contributed by atoms with van der Waals surface area (Å²) in [6.45, 7) is 0. The summed E-state index contributed by atoms with van der Waals surface area (Å²) in [5, 5.41) is 15.3. The van der Waals surface area contributed by atoms with Gasteiger partial charge in [0.05, 0.1) is 6.21 Å². The SMILES string of the molecule is NC(=O)c1ccc(NC(=O)C(=O)NN=Cc2cccc(O)c2)cc1. The van der Waals surface area contributed by atoms with Crippen molar-refractivity contribution in [3.05, 3.63) is 59.7 Å². The van der Waals surface area contributed by atoms with E-state index in [2.05, 4.69) is 15.8 Å². The minimum atomic E-state index is -0.967. The molecule has 24 heavy (non-hydrogen) atoms. The number of rotatable bonds is 4. The Morgan fingerprint density at radius 2 is 1.75 bits per heavy atom. The van der Waals surface area contributed by atoms with Gasteiger partial charge in [0.2, 0.25) is 5.91 Å². The number of aromatic hydroxyl groups is 1. The lowest BCUT2D eigenvalue weighted by molar-refractivity contribution is -0.136. The van der Waals surface area contributed by atoms with Crippen LogP contribution in [0.25, 0.3) is 0 Å². The Kier molecular flexibility index (Phi) is 5.24. The lowest BCUT2D eigenvalue weighted by Crippen LogP contribution is -2.32. The highest BCUT2D eigenvalue weighted by Crippen LogP contribution is 2.09. The Bertz CT molecular complexity index is 800. The number of benzene rings is 2. The molecule has 3 amide bonds. The van der Waals surface area contributed by atoms with Crippen LogP contribution in [0.15, 0.2) is 53.6 Å². The van der Waals surface area contributed by atoms with Crippen molar-refractivity contribution in [2.24, 2.45) is 10.8 Å². The van der Waals surface area contributed by atoms with Crippen molar-refractivity contribution in [3.8, 4) is 5.75 Å². The van der Waals surface area contributed by atoms with E-state index in [0.29, 0.717) is 11.3 Å². The number of hydrazone groups is 1. The fourth-order valence-corrected chi connectivity index (χ4v) is 1.73. The van der Waals surface area contributed by atoms with Crippen molar-refractivity contribution >= 4 is 29.6 Å². The number of hydrogen-bond donors (Lipinski definition) is 4. The highest BCUT2D eigenvalue weighted by Gasteiger charge is 2.13. The van der Waals surface area contributed by atoms with E-state index in [-0.39, 0.29) is 11.3 Å². The van der Waals surface area contributed by atoms with Gasteiger partial charge in [0.15, 0.2) is 0 Å². The van der Waals surface area contributed by atoms with Crippen LogP contribution in [0.1, 0.15) is 15.9 Å². The lowest BCUT2D eigenvalue weighted by atomic mass is 10.2. The number of phenolic OH excluding ortho intramolecular Hbond substituents is 1. The number of anilines is 1. The summed E-state index contributed by atoms with van der Waals surface area (Å²) in [4.78, 5) is 34.3. The molecule has 0 atom stereocenters. The Labute approximate surface area is 137 Å². The standard InChI is InChI=1S/C16H14N4O4/c17-14(22)11-4-6-12(7-5-11)19-15(23)16(24)20-18-9-10-2-1-3-13(21)8-10/h1-9,21H,(H2,17,22)(H,19,23)(H,20,24). The minimum absolute atomic E-state index is 0.0578. The molecule has 0 aromatic heterocycles. The van der Waals surface area contributed by atoms with E-state index in [9.17, 15) is 19.5 Å². The summed E-state index contributed by atoms with van der Waals surface area (Å²) in [5.74, 6) is -2.42. The summed E-state index contributed by atoms with van der Waals surface area (Å²) >= 11 is 0. The monoisotopic (exact) mass is 326 g/mol. The maximum absolute atomic E-state index is 11.7. The molecule has 0 aliphatic heterocycles. The molecule has 0 saturated carbocycles. The molecule has 0 bridgehead atoms. The second kappa shape index (κ2) is 7.54. The van der Waals surface area contributed by atoms with Gasteiger partial charge in [-0.15, -0.1) is 0 Å². The topological polar surface area (TPSA) is 134 Å². The second-order valence-electron chi connectivity index (χ2n) is 4.69. The summed E-state index contributed by atoms with van der Waals surface area (Å²) in [5.41, 5.74) is 8.34. The highest BCUT2D eigenvalue weighted by molar-refractivity contribution is 6.39. The molecule has 2 aromatic carbocycles. The molecule has 0 fully saturated rings. The average Bonchev–Trinajstić information content (AvgIpc) is 2.55. The third kappa shape index (κ3) is 4.67. The molecular formula is C16H14N4O4. The molecule has 2 aromatic rings. The predicted octanol–water partition coefficient (Wildman–Crippen LogP) is 0.580. The van der Waals surface area contributed by atoms with Crippen LogP contribution < -0.4 is 16.5 Å². The molecule has 8 heteroatoms. The zero-order valence-corrected chi connectivity index (χ0v) is 12.4. The van der Waals surface area contributed by atoms with Gasteiger partial charge < -0.3 is 16.2 Å². The number of hydrogen-bond acceptors (Lipinski definition) is 5. The summed E-state index contributed by atoms with van der Waals surface area (Å²) < 4.78 is 0. The fourth-order valence-electron chi connectivity index (χ4n) is 1.73. The number of carbonyl (C=O) groups excluding carboxylic acids is 3. The van der Waals surface area contributed by atoms with Crippen LogP contribution in [0.5, 0.6) is 5.75 Å². The number of amides is 3. The Morgan fingerprint density at radius 1 is 1.04 bits per heavy atom. The summed E-state index contributed by atoms with van der Waals surface area (Å²) in [6, 6.07) is 12.0. The number of nitrogens with zero attached hydrogens (tertiary/aromatic N) is 1. The normalized spacial score (nSPS) is 10.3.